The van der Waals surface area contributed by atoms with E-state index >= 15 is 0 Å². The highest BCUT2D eigenvalue weighted by Crippen LogP contribution is 2.34. The summed E-state index contributed by atoms with van der Waals surface area (Å²) in [6.07, 6.45) is -3.24. The molecule has 0 bridgehead atoms. The van der Waals surface area contributed by atoms with Gasteiger partial charge in [0.05, 0.1) is 11.3 Å². The van der Waals surface area contributed by atoms with Gasteiger partial charge in [0.25, 0.3) is 0 Å². The Morgan fingerprint density at radius 2 is 1.55 bits per heavy atom. The lowest BCUT2D eigenvalue weighted by Gasteiger charge is -2.13. The third-order valence-corrected chi connectivity index (χ3v) is 2.59. The Morgan fingerprint density at radius 3 is 2.18 bits per heavy atom. The van der Waals surface area contributed by atoms with Gasteiger partial charge in [-0.2, -0.15) is 13.2 Å². The molecule has 0 aliphatic rings. The first-order valence-electron chi connectivity index (χ1n) is 6.07. The first-order valence-corrected chi connectivity index (χ1v) is 6.07. The van der Waals surface area contributed by atoms with Crippen LogP contribution in [0, 0.1) is 0 Å². The second-order valence-corrected chi connectivity index (χ2v) is 4.17. The topological polar surface area (TPSA) is 71.1 Å². The van der Waals surface area contributed by atoms with Crippen LogP contribution in [0.25, 0.3) is 0 Å². The molecule has 1 heterocycles. The molecule has 5 nitrogen and oxygen atoms in total. The molecule has 0 saturated carbocycles. The number of carbonyl (C=O) groups excluding carboxylic acids is 2. The second kappa shape index (κ2) is 6.25. The summed E-state index contributed by atoms with van der Waals surface area (Å²) in [5, 5.41) is 4.12. The molecular formula is C14H10F3N3O2. The number of pyridine rings is 1. The third-order valence-electron chi connectivity index (χ3n) is 2.59. The van der Waals surface area contributed by atoms with Gasteiger partial charge in [-0.25, -0.2) is 4.98 Å². The molecule has 114 valence electrons. The Bertz CT molecular complexity index is 687. The van der Waals surface area contributed by atoms with Crippen molar-refractivity contribution in [1.29, 1.82) is 0 Å². The highest BCUT2D eigenvalue weighted by atomic mass is 19.4. The van der Waals surface area contributed by atoms with Gasteiger partial charge < -0.3 is 10.6 Å². The van der Waals surface area contributed by atoms with Gasteiger partial charge in [0.2, 0.25) is 0 Å². The second-order valence-electron chi connectivity index (χ2n) is 4.17. The number of nitrogens with zero attached hydrogens (tertiary/aromatic N) is 1. The van der Waals surface area contributed by atoms with E-state index in [0.29, 0.717) is 0 Å². The highest BCUT2D eigenvalue weighted by Gasteiger charge is 2.34. The van der Waals surface area contributed by atoms with Gasteiger partial charge in [-0.1, -0.05) is 18.2 Å². The first kappa shape index (κ1) is 15.5. The SMILES string of the molecule is O=C(Nc1ccccn1)C(=O)Nc1ccccc1C(F)(F)F. The Labute approximate surface area is 123 Å². The Hall–Kier alpha value is -2.90. The van der Waals surface area contributed by atoms with Crippen molar-refractivity contribution in [3.8, 4) is 0 Å². The number of halogens is 3. The molecular weight excluding hydrogens is 299 g/mol. The zero-order chi connectivity index (χ0) is 16.2. The van der Waals surface area contributed by atoms with Gasteiger partial charge in [0, 0.05) is 6.20 Å². The van der Waals surface area contributed by atoms with Crippen molar-refractivity contribution in [1.82, 2.24) is 4.98 Å². The summed E-state index contributed by atoms with van der Waals surface area (Å²) < 4.78 is 38.4. The van der Waals surface area contributed by atoms with Crippen molar-refractivity contribution in [2.24, 2.45) is 0 Å². The zero-order valence-corrected chi connectivity index (χ0v) is 11.0. The summed E-state index contributed by atoms with van der Waals surface area (Å²) in [6, 6.07) is 9.01. The Morgan fingerprint density at radius 1 is 0.909 bits per heavy atom. The molecule has 2 aromatic rings. The number of amides is 2. The minimum Gasteiger partial charge on any atom is -0.317 e. The van der Waals surface area contributed by atoms with E-state index < -0.39 is 29.2 Å². The van der Waals surface area contributed by atoms with Crippen LogP contribution in [0.5, 0.6) is 0 Å². The molecule has 0 unspecified atom stereocenters. The minimum absolute atomic E-state index is 0.117. The lowest BCUT2D eigenvalue weighted by molar-refractivity contribution is -0.137. The van der Waals surface area contributed by atoms with Crippen LogP contribution < -0.4 is 10.6 Å². The monoisotopic (exact) mass is 309 g/mol. The molecule has 0 spiro atoms. The maximum Gasteiger partial charge on any atom is 0.418 e. The molecule has 0 atom stereocenters. The van der Waals surface area contributed by atoms with Crippen LogP contribution in [0.1, 0.15) is 5.56 Å². The maximum atomic E-state index is 12.8. The van der Waals surface area contributed by atoms with E-state index in [4.69, 9.17) is 0 Å². The van der Waals surface area contributed by atoms with Crippen molar-refractivity contribution in [3.05, 3.63) is 54.2 Å². The first-order chi connectivity index (χ1) is 10.4. The summed E-state index contributed by atoms with van der Waals surface area (Å²) in [5.74, 6) is -2.22. The predicted octanol–water partition coefficient (Wildman–Crippen LogP) is 2.68. The van der Waals surface area contributed by atoms with E-state index in [9.17, 15) is 22.8 Å². The Balaban J connectivity index is 2.11. The van der Waals surface area contributed by atoms with Crippen LogP contribution >= 0.6 is 0 Å². The van der Waals surface area contributed by atoms with E-state index in [1.54, 1.807) is 12.1 Å². The molecule has 1 aromatic heterocycles. The van der Waals surface area contributed by atoms with Crippen LogP contribution in [0.4, 0.5) is 24.7 Å². The van der Waals surface area contributed by atoms with Gasteiger partial charge >= 0.3 is 18.0 Å². The van der Waals surface area contributed by atoms with Gasteiger partial charge in [-0.3, -0.25) is 9.59 Å². The van der Waals surface area contributed by atoms with Crippen molar-refractivity contribution >= 4 is 23.3 Å². The van der Waals surface area contributed by atoms with E-state index in [-0.39, 0.29) is 5.82 Å². The third kappa shape index (κ3) is 3.81. The van der Waals surface area contributed by atoms with Crippen molar-refractivity contribution in [3.63, 3.8) is 0 Å². The molecule has 2 N–H and O–H groups in total. The standard InChI is InChI=1S/C14H10F3N3O2/c15-14(16,17)9-5-1-2-6-10(9)19-12(21)13(22)20-11-7-3-4-8-18-11/h1-8H,(H,19,21)(H,18,20,22). The van der Waals surface area contributed by atoms with E-state index in [1.807, 2.05) is 5.32 Å². The number of carbonyl (C=O) groups is 2. The molecule has 8 heteroatoms. The number of benzene rings is 1. The fraction of sp³-hybridized carbons (Fsp3) is 0.0714. The van der Waals surface area contributed by atoms with Crippen molar-refractivity contribution in [2.75, 3.05) is 10.6 Å². The molecule has 0 aliphatic carbocycles. The summed E-state index contributed by atoms with van der Waals surface area (Å²) in [6.45, 7) is 0. The highest BCUT2D eigenvalue weighted by molar-refractivity contribution is 6.43. The lowest BCUT2D eigenvalue weighted by Crippen LogP contribution is -2.30. The lowest BCUT2D eigenvalue weighted by atomic mass is 10.1. The van der Waals surface area contributed by atoms with Crippen molar-refractivity contribution < 1.29 is 22.8 Å². The molecule has 0 fully saturated rings. The van der Waals surface area contributed by atoms with Crippen molar-refractivity contribution in [2.45, 2.75) is 6.18 Å². The molecule has 2 amide bonds. The minimum atomic E-state index is -4.64. The number of rotatable bonds is 2. The number of aromatic nitrogens is 1. The number of anilines is 2. The van der Waals surface area contributed by atoms with Gasteiger partial charge in [0.1, 0.15) is 5.82 Å². The molecule has 1 aromatic carbocycles. The molecule has 0 aliphatic heterocycles. The van der Waals surface area contributed by atoms with Gasteiger partial charge in [0.15, 0.2) is 0 Å². The average molecular weight is 309 g/mol. The largest absolute Gasteiger partial charge is 0.418 e. The summed E-state index contributed by atoms with van der Waals surface area (Å²) >= 11 is 0. The zero-order valence-electron chi connectivity index (χ0n) is 11.0. The van der Waals surface area contributed by atoms with Crippen LogP contribution in [-0.2, 0) is 15.8 Å². The number of hydrogen-bond acceptors (Lipinski definition) is 3. The fourth-order valence-corrected chi connectivity index (χ4v) is 1.63. The van der Waals surface area contributed by atoms with Gasteiger partial charge in [-0.05, 0) is 24.3 Å². The number of hydrogen-bond donors (Lipinski definition) is 2. The Kier molecular flexibility index (Phi) is 4.40. The summed E-state index contributed by atoms with van der Waals surface area (Å²) in [5.41, 5.74) is -1.52. The molecule has 0 saturated heterocycles. The normalized spacial score (nSPS) is 10.9. The van der Waals surface area contributed by atoms with E-state index in [1.165, 1.54) is 24.4 Å². The van der Waals surface area contributed by atoms with E-state index in [2.05, 4.69) is 10.3 Å². The number of alkyl halides is 3. The molecule has 2 rings (SSSR count). The summed E-state index contributed by atoms with van der Waals surface area (Å²) in [7, 11) is 0. The maximum absolute atomic E-state index is 12.8. The summed E-state index contributed by atoms with van der Waals surface area (Å²) in [4.78, 5) is 27.1. The predicted molar refractivity (Wildman–Crippen MR) is 72.9 cm³/mol. The van der Waals surface area contributed by atoms with Gasteiger partial charge in [-0.15, -0.1) is 0 Å². The van der Waals surface area contributed by atoms with Crippen LogP contribution in [0.2, 0.25) is 0 Å². The van der Waals surface area contributed by atoms with Crippen LogP contribution in [-0.4, -0.2) is 16.8 Å². The molecule has 0 radical (unpaired) electrons. The smallest absolute Gasteiger partial charge is 0.317 e. The fourth-order valence-electron chi connectivity index (χ4n) is 1.63. The average Bonchev–Trinajstić information content (AvgIpc) is 2.47. The number of para-hydroxylation sites is 1. The number of nitrogens with one attached hydrogen (secondary N) is 2. The quantitative estimate of drug-likeness (QED) is 0.838. The van der Waals surface area contributed by atoms with Crippen LogP contribution in [0.15, 0.2) is 48.7 Å². The molecule has 22 heavy (non-hydrogen) atoms. The van der Waals surface area contributed by atoms with Crippen LogP contribution in [0.3, 0.4) is 0 Å². The van der Waals surface area contributed by atoms with E-state index in [0.717, 1.165) is 12.1 Å².